The fourth-order valence-corrected chi connectivity index (χ4v) is 2.50. The van der Waals surface area contributed by atoms with Crippen LogP contribution in [0.15, 0.2) is 48.5 Å². The Morgan fingerprint density at radius 2 is 1.75 bits per heavy atom. The van der Waals surface area contributed by atoms with Gasteiger partial charge in [-0.2, -0.15) is 0 Å². The lowest BCUT2D eigenvalue weighted by Crippen LogP contribution is -2.33. The first-order valence-electron chi connectivity index (χ1n) is 7.84. The zero-order valence-electron chi connectivity index (χ0n) is 13.5. The van der Waals surface area contributed by atoms with Crippen LogP contribution in [0.5, 0.6) is 0 Å². The summed E-state index contributed by atoms with van der Waals surface area (Å²) in [5, 5.41) is 8.93. The number of carbonyl (C=O) groups is 2. The number of hydrogen-bond donors (Lipinski definition) is 1. The van der Waals surface area contributed by atoms with Crippen LogP contribution in [0.3, 0.4) is 0 Å². The van der Waals surface area contributed by atoms with Crippen LogP contribution >= 0.6 is 0 Å². The third kappa shape index (κ3) is 4.65. The van der Waals surface area contributed by atoms with Gasteiger partial charge in [0.15, 0.2) is 0 Å². The number of carboxylic acids is 1. The van der Waals surface area contributed by atoms with Crippen molar-refractivity contribution in [3.05, 3.63) is 71.0 Å². The Hall–Kier alpha value is -2.69. The fourth-order valence-electron chi connectivity index (χ4n) is 2.50. The van der Waals surface area contributed by atoms with Crippen LogP contribution in [0.1, 0.15) is 34.8 Å². The van der Waals surface area contributed by atoms with Crippen LogP contribution in [0.25, 0.3) is 0 Å². The van der Waals surface area contributed by atoms with E-state index in [2.05, 4.69) is 0 Å². The summed E-state index contributed by atoms with van der Waals surface area (Å²) in [4.78, 5) is 25.3. The van der Waals surface area contributed by atoms with E-state index in [4.69, 9.17) is 5.11 Å². The van der Waals surface area contributed by atoms with Gasteiger partial charge in [-0.3, -0.25) is 9.59 Å². The van der Waals surface area contributed by atoms with Gasteiger partial charge in [-0.05, 0) is 35.7 Å². The maximum absolute atomic E-state index is 13.0. The van der Waals surface area contributed by atoms with E-state index < -0.39 is 5.97 Å². The lowest BCUT2D eigenvalue weighted by molar-refractivity contribution is -0.137. The van der Waals surface area contributed by atoms with Crippen molar-refractivity contribution >= 4 is 11.9 Å². The SMILES string of the molecule is CCc1ccccc1C(=O)N(CCC(=O)O)Cc1ccc(F)cc1. The second kappa shape index (κ2) is 8.24. The molecule has 0 radical (unpaired) electrons. The van der Waals surface area contributed by atoms with E-state index in [9.17, 15) is 14.0 Å². The first-order valence-corrected chi connectivity index (χ1v) is 7.84. The molecule has 0 aliphatic carbocycles. The summed E-state index contributed by atoms with van der Waals surface area (Å²) in [5.74, 6) is -1.52. The van der Waals surface area contributed by atoms with Gasteiger partial charge in [-0.15, -0.1) is 0 Å². The van der Waals surface area contributed by atoms with E-state index in [1.54, 1.807) is 24.3 Å². The molecular formula is C19H20FNO3. The van der Waals surface area contributed by atoms with Gasteiger partial charge in [0.1, 0.15) is 5.82 Å². The molecule has 0 aromatic heterocycles. The highest BCUT2D eigenvalue weighted by molar-refractivity contribution is 5.95. The van der Waals surface area contributed by atoms with Gasteiger partial charge in [0.25, 0.3) is 5.91 Å². The van der Waals surface area contributed by atoms with Crippen LogP contribution in [0.4, 0.5) is 4.39 Å². The van der Waals surface area contributed by atoms with Crippen molar-refractivity contribution in [1.29, 1.82) is 0 Å². The molecule has 0 bridgehead atoms. The highest BCUT2D eigenvalue weighted by atomic mass is 19.1. The number of nitrogens with zero attached hydrogens (tertiary/aromatic N) is 1. The third-order valence-corrected chi connectivity index (χ3v) is 3.80. The third-order valence-electron chi connectivity index (χ3n) is 3.80. The molecule has 0 aliphatic rings. The highest BCUT2D eigenvalue weighted by Gasteiger charge is 2.19. The lowest BCUT2D eigenvalue weighted by atomic mass is 10.0. The molecule has 0 unspecified atom stereocenters. The van der Waals surface area contributed by atoms with Crippen molar-refractivity contribution in [1.82, 2.24) is 4.90 Å². The smallest absolute Gasteiger partial charge is 0.305 e. The Morgan fingerprint density at radius 1 is 1.08 bits per heavy atom. The van der Waals surface area contributed by atoms with Gasteiger partial charge in [0.2, 0.25) is 0 Å². The molecule has 0 saturated carbocycles. The normalized spacial score (nSPS) is 10.4. The number of carboxylic acid groups (broad SMARTS) is 1. The minimum absolute atomic E-state index is 0.101. The Morgan fingerprint density at radius 3 is 2.38 bits per heavy atom. The van der Waals surface area contributed by atoms with Crippen molar-refractivity contribution in [2.24, 2.45) is 0 Å². The second-order valence-electron chi connectivity index (χ2n) is 5.51. The number of carbonyl (C=O) groups excluding carboxylic acids is 1. The molecule has 0 saturated heterocycles. The number of rotatable bonds is 7. The van der Waals surface area contributed by atoms with Crippen LogP contribution in [-0.4, -0.2) is 28.4 Å². The molecule has 24 heavy (non-hydrogen) atoms. The summed E-state index contributed by atoms with van der Waals surface area (Å²) in [5.41, 5.74) is 2.25. The van der Waals surface area contributed by atoms with Gasteiger partial charge in [-0.25, -0.2) is 4.39 Å². The molecule has 4 nitrogen and oxygen atoms in total. The fraction of sp³-hybridized carbons (Fsp3) is 0.263. The number of aryl methyl sites for hydroxylation is 1. The second-order valence-corrected chi connectivity index (χ2v) is 5.51. The van der Waals surface area contributed by atoms with E-state index in [1.165, 1.54) is 17.0 Å². The summed E-state index contributed by atoms with van der Waals surface area (Å²) in [6.07, 6.45) is 0.576. The molecular weight excluding hydrogens is 309 g/mol. The van der Waals surface area contributed by atoms with Crippen molar-refractivity contribution in [3.63, 3.8) is 0 Å². The van der Waals surface area contributed by atoms with E-state index in [0.717, 1.165) is 11.1 Å². The molecule has 2 aromatic carbocycles. The minimum atomic E-state index is -0.962. The van der Waals surface area contributed by atoms with Crippen LogP contribution < -0.4 is 0 Å². The topological polar surface area (TPSA) is 57.6 Å². The molecule has 1 N–H and O–H groups in total. The first-order chi connectivity index (χ1) is 11.5. The quantitative estimate of drug-likeness (QED) is 0.846. The van der Waals surface area contributed by atoms with E-state index >= 15 is 0 Å². The molecule has 0 fully saturated rings. The largest absolute Gasteiger partial charge is 0.481 e. The maximum atomic E-state index is 13.0. The summed E-state index contributed by atoms with van der Waals surface area (Å²) < 4.78 is 13.0. The molecule has 126 valence electrons. The number of amides is 1. The molecule has 5 heteroatoms. The van der Waals surface area contributed by atoms with Gasteiger partial charge >= 0.3 is 5.97 Å². The maximum Gasteiger partial charge on any atom is 0.305 e. The summed E-state index contributed by atoms with van der Waals surface area (Å²) in [7, 11) is 0. The Balaban J connectivity index is 2.25. The number of halogens is 1. The lowest BCUT2D eigenvalue weighted by Gasteiger charge is -2.23. The summed E-state index contributed by atoms with van der Waals surface area (Å²) in [6, 6.07) is 13.2. The van der Waals surface area contributed by atoms with Crippen molar-refractivity contribution in [3.8, 4) is 0 Å². The number of aliphatic carboxylic acids is 1. The monoisotopic (exact) mass is 329 g/mol. The number of hydrogen-bond acceptors (Lipinski definition) is 2. The van der Waals surface area contributed by atoms with Gasteiger partial charge < -0.3 is 10.0 Å². The molecule has 0 heterocycles. The predicted octanol–water partition coefficient (Wildman–Crippen LogP) is 3.51. The predicted molar refractivity (Wildman–Crippen MR) is 89.2 cm³/mol. The van der Waals surface area contributed by atoms with Crippen molar-refractivity contribution in [2.75, 3.05) is 6.54 Å². The van der Waals surface area contributed by atoms with Crippen molar-refractivity contribution < 1.29 is 19.1 Å². The van der Waals surface area contributed by atoms with Gasteiger partial charge in [0.05, 0.1) is 6.42 Å². The first kappa shape index (κ1) is 17.7. The zero-order chi connectivity index (χ0) is 17.5. The number of benzene rings is 2. The Bertz CT molecular complexity index is 713. The van der Waals surface area contributed by atoms with E-state index in [1.807, 2.05) is 19.1 Å². The van der Waals surface area contributed by atoms with Gasteiger partial charge in [-0.1, -0.05) is 37.3 Å². The van der Waals surface area contributed by atoms with Crippen LogP contribution in [-0.2, 0) is 17.8 Å². The zero-order valence-corrected chi connectivity index (χ0v) is 13.5. The highest BCUT2D eigenvalue weighted by Crippen LogP contribution is 2.16. The summed E-state index contributed by atoms with van der Waals surface area (Å²) >= 11 is 0. The minimum Gasteiger partial charge on any atom is -0.481 e. The molecule has 0 spiro atoms. The standard InChI is InChI=1S/C19H20FNO3/c1-2-15-5-3-4-6-17(15)19(24)21(12-11-18(22)23)13-14-7-9-16(20)10-8-14/h3-10H,2,11-13H2,1H3,(H,22,23). The molecule has 1 amide bonds. The molecule has 2 rings (SSSR count). The van der Waals surface area contributed by atoms with Crippen LogP contribution in [0, 0.1) is 5.82 Å². The summed E-state index contributed by atoms with van der Waals surface area (Å²) in [6.45, 7) is 2.31. The van der Waals surface area contributed by atoms with Gasteiger partial charge in [0, 0.05) is 18.7 Å². The van der Waals surface area contributed by atoms with E-state index in [-0.39, 0.29) is 31.2 Å². The van der Waals surface area contributed by atoms with Crippen LogP contribution in [0.2, 0.25) is 0 Å². The molecule has 0 atom stereocenters. The average Bonchev–Trinajstić information content (AvgIpc) is 2.59. The average molecular weight is 329 g/mol. The molecule has 0 aliphatic heterocycles. The Kier molecular flexibility index (Phi) is 6.07. The van der Waals surface area contributed by atoms with E-state index in [0.29, 0.717) is 12.0 Å². The Labute approximate surface area is 140 Å². The molecule has 2 aromatic rings. The van der Waals surface area contributed by atoms with Crippen molar-refractivity contribution in [2.45, 2.75) is 26.3 Å².